The number of aliphatic imine (C=N–C) groups is 1. The summed E-state index contributed by atoms with van der Waals surface area (Å²) in [6, 6.07) is 0.636. The van der Waals surface area contributed by atoms with Gasteiger partial charge in [-0.3, -0.25) is 4.99 Å². The van der Waals surface area contributed by atoms with Gasteiger partial charge in [0.15, 0.2) is 5.96 Å². The van der Waals surface area contributed by atoms with Crippen molar-refractivity contribution in [1.29, 1.82) is 0 Å². The van der Waals surface area contributed by atoms with Gasteiger partial charge in [-0.05, 0) is 25.2 Å². The summed E-state index contributed by atoms with van der Waals surface area (Å²) in [6.45, 7) is 2.85. The molecule has 0 spiro atoms. The molecular formula is C16H27IN4S. The Kier molecular flexibility index (Phi) is 6.92. The van der Waals surface area contributed by atoms with Gasteiger partial charge < -0.3 is 10.6 Å². The van der Waals surface area contributed by atoms with Gasteiger partial charge in [-0.1, -0.05) is 32.1 Å². The molecule has 2 aliphatic carbocycles. The molecule has 6 heteroatoms. The van der Waals surface area contributed by atoms with Crippen LogP contribution in [0.5, 0.6) is 0 Å². The lowest BCUT2D eigenvalue weighted by Gasteiger charge is -2.22. The summed E-state index contributed by atoms with van der Waals surface area (Å²) in [7, 11) is 1.85. The Labute approximate surface area is 154 Å². The van der Waals surface area contributed by atoms with E-state index in [2.05, 4.69) is 27.5 Å². The van der Waals surface area contributed by atoms with E-state index < -0.39 is 0 Å². The van der Waals surface area contributed by atoms with Crippen molar-refractivity contribution in [2.75, 3.05) is 7.05 Å². The van der Waals surface area contributed by atoms with E-state index in [0.29, 0.717) is 6.04 Å². The third-order valence-electron chi connectivity index (χ3n) is 4.72. The number of halogens is 1. The molecule has 0 radical (unpaired) electrons. The lowest BCUT2D eigenvalue weighted by atomic mass is 9.85. The number of aryl methyl sites for hydroxylation is 1. The van der Waals surface area contributed by atoms with Crippen LogP contribution in [0, 0.1) is 18.8 Å². The predicted octanol–water partition coefficient (Wildman–Crippen LogP) is 3.70. The van der Waals surface area contributed by atoms with Crippen LogP contribution in [-0.4, -0.2) is 24.0 Å². The molecule has 3 rings (SSSR count). The van der Waals surface area contributed by atoms with E-state index in [1.807, 2.05) is 13.2 Å². The molecule has 0 aromatic carbocycles. The molecule has 2 atom stereocenters. The lowest BCUT2D eigenvalue weighted by molar-refractivity contribution is 0.315. The van der Waals surface area contributed by atoms with Gasteiger partial charge in [-0.15, -0.1) is 35.3 Å². The smallest absolute Gasteiger partial charge is 0.191 e. The second-order valence-electron chi connectivity index (χ2n) is 6.34. The summed E-state index contributed by atoms with van der Waals surface area (Å²) in [4.78, 5) is 9.98. The number of thiazole rings is 1. The zero-order valence-corrected chi connectivity index (χ0v) is 16.6. The van der Waals surface area contributed by atoms with E-state index in [9.17, 15) is 0 Å². The average molecular weight is 434 g/mol. The molecule has 1 aromatic rings. The fourth-order valence-corrected chi connectivity index (χ4v) is 4.20. The highest BCUT2D eigenvalue weighted by atomic mass is 127. The van der Waals surface area contributed by atoms with Crippen LogP contribution in [-0.2, 0) is 6.54 Å². The molecule has 2 unspecified atom stereocenters. The van der Waals surface area contributed by atoms with Gasteiger partial charge in [0, 0.05) is 24.2 Å². The van der Waals surface area contributed by atoms with Crippen molar-refractivity contribution in [3.63, 3.8) is 0 Å². The van der Waals surface area contributed by atoms with E-state index in [-0.39, 0.29) is 24.0 Å². The van der Waals surface area contributed by atoms with Crippen LogP contribution in [0.2, 0.25) is 0 Å². The maximum absolute atomic E-state index is 4.38. The van der Waals surface area contributed by atoms with Crippen molar-refractivity contribution < 1.29 is 0 Å². The number of hydrogen-bond acceptors (Lipinski definition) is 3. The van der Waals surface area contributed by atoms with Crippen LogP contribution in [0.25, 0.3) is 0 Å². The minimum Gasteiger partial charge on any atom is -0.353 e. The molecular weight excluding hydrogens is 407 g/mol. The minimum atomic E-state index is 0. The van der Waals surface area contributed by atoms with Crippen molar-refractivity contribution in [1.82, 2.24) is 15.6 Å². The Balaban J connectivity index is 0.00000176. The zero-order chi connectivity index (χ0) is 14.7. The molecule has 1 heterocycles. The number of nitrogens with one attached hydrogen (secondary N) is 2. The Morgan fingerprint density at radius 2 is 2.14 bits per heavy atom. The Morgan fingerprint density at radius 3 is 2.77 bits per heavy atom. The highest BCUT2D eigenvalue weighted by Gasteiger charge is 2.43. The molecule has 0 bridgehead atoms. The van der Waals surface area contributed by atoms with E-state index in [1.54, 1.807) is 11.3 Å². The third-order valence-corrected chi connectivity index (χ3v) is 5.63. The van der Waals surface area contributed by atoms with Gasteiger partial charge in [0.1, 0.15) is 5.01 Å². The molecule has 124 valence electrons. The van der Waals surface area contributed by atoms with Crippen molar-refractivity contribution in [3.8, 4) is 0 Å². The molecule has 0 saturated heterocycles. The quantitative estimate of drug-likeness (QED) is 0.432. The van der Waals surface area contributed by atoms with Gasteiger partial charge in [0.05, 0.1) is 6.54 Å². The molecule has 2 fully saturated rings. The third kappa shape index (κ3) is 4.81. The van der Waals surface area contributed by atoms with Crippen molar-refractivity contribution in [2.45, 2.75) is 58.0 Å². The fourth-order valence-electron chi connectivity index (χ4n) is 3.48. The topological polar surface area (TPSA) is 49.3 Å². The molecule has 0 aliphatic heterocycles. The molecule has 1 aromatic heterocycles. The van der Waals surface area contributed by atoms with Gasteiger partial charge in [0.25, 0.3) is 0 Å². The minimum absolute atomic E-state index is 0. The summed E-state index contributed by atoms with van der Waals surface area (Å²) in [5, 5.41) is 8.08. The summed E-state index contributed by atoms with van der Waals surface area (Å²) < 4.78 is 0. The molecule has 4 nitrogen and oxygen atoms in total. The zero-order valence-electron chi connectivity index (χ0n) is 13.5. The molecule has 2 N–H and O–H groups in total. The first-order valence-electron chi connectivity index (χ1n) is 8.14. The molecule has 2 aliphatic rings. The Morgan fingerprint density at radius 1 is 1.36 bits per heavy atom. The standard InChI is InChI=1S/C16H26N4S.HI/c1-11-9-18-15(21-11)10-19-16(17-2)20-14-8-13(14)12-6-4-3-5-7-12;/h9,12-14H,3-8,10H2,1-2H3,(H2,17,19,20);1H. The molecule has 0 amide bonds. The van der Waals surface area contributed by atoms with Crippen LogP contribution < -0.4 is 10.6 Å². The molecule has 2 saturated carbocycles. The van der Waals surface area contributed by atoms with Gasteiger partial charge in [-0.25, -0.2) is 4.98 Å². The second-order valence-corrected chi connectivity index (χ2v) is 7.66. The highest BCUT2D eigenvalue weighted by molar-refractivity contribution is 14.0. The van der Waals surface area contributed by atoms with Gasteiger partial charge in [-0.2, -0.15) is 0 Å². The first kappa shape index (κ1) is 18.0. The van der Waals surface area contributed by atoms with E-state index >= 15 is 0 Å². The molecule has 22 heavy (non-hydrogen) atoms. The predicted molar refractivity (Wildman–Crippen MR) is 104 cm³/mol. The van der Waals surface area contributed by atoms with E-state index in [0.717, 1.165) is 29.3 Å². The first-order chi connectivity index (χ1) is 10.3. The maximum Gasteiger partial charge on any atom is 0.191 e. The normalized spacial score (nSPS) is 25.5. The van der Waals surface area contributed by atoms with Gasteiger partial charge in [0.2, 0.25) is 0 Å². The van der Waals surface area contributed by atoms with Crippen LogP contribution >= 0.6 is 35.3 Å². The van der Waals surface area contributed by atoms with Gasteiger partial charge >= 0.3 is 0 Å². The first-order valence-corrected chi connectivity index (χ1v) is 8.96. The average Bonchev–Trinajstić information content (AvgIpc) is 3.17. The van der Waals surface area contributed by atoms with E-state index in [4.69, 9.17) is 0 Å². The fraction of sp³-hybridized carbons (Fsp3) is 0.750. The van der Waals surface area contributed by atoms with E-state index in [1.165, 1.54) is 43.4 Å². The number of rotatable bonds is 4. The Bertz CT molecular complexity index is 496. The number of nitrogens with zero attached hydrogens (tertiary/aromatic N) is 2. The SMILES string of the molecule is CN=C(NCc1ncc(C)s1)NC1CC1C1CCCCC1.I. The summed E-state index contributed by atoms with van der Waals surface area (Å²) in [5.41, 5.74) is 0. The number of aromatic nitrogens is 1. The largest absolute Gasteiger partial charge is 0.353 e. The Hall–Kier alpha value is -0.370. The monoisotopic (exact) mass is 434 g/mol. The lowest BCUT2D eigenvalue weighted by Crippen LogP contribution is -2.39. The van der Waals surface area contributed by atoms with Crippen LogP contribution in [0.4, 0.5) is 0 Å². The van der Waals surface area contributed by atoms with Crippen molar-refractivity contribution in [3.05, 3.63) is 16.1 Å². The summed E-state index contributed by atoms with van der Waals surface area (Å²) in [5.74, 6) is 2.76. The van der Waals surface area contributed by atoms with Crippen LogP contribution in [0.15, 0.2) is 11.2 Å². The van der Waals surface area contributed by atoms with Crippen molar-refractivity contribution in [2.24, 2.45) is 16.8 Å². The van der Waals surface area contributed by atoms with Crippen LogP contribution in [0.3, 0.4) is 0 Å². The number of hydrogen-bond donors (Lipinski definition) is 2. The summed E-state index contributed by atoms with van der Waals surface area (Å²) >= 11 is 1.74. The highest BCUT2D eigenvalue weighted by Crippen LogP contribution is 2.44. The maximum atomic E-state index is 4.38. The number of guanidine groups is 1. The van der Waals surface area contributed by atoms with Crippen molar-refractivity contribution >= 4 is 41.3 Å². The summed E-state index contributed by atoms with van der Waals surface area (Å²) in [6.07, 6.45) is 10.4. The second kappa shape index (κ2) is 8.47. The van der Waals surface area contributed by atoms with Crippen LogP contribution in [0.1, 0.15) is 48.4 Å².